The monoisotopic (exact) mass is 292 g/mol. The highest BCUT2D eigenvalue weighted by Crippen LogP contribution is 2.36. The number of nitrogens with two attached hydrogens (primary N) is 2. The Morgan fingerprint density at radius 3 is 2.48 bits per heavy atom. The molecule has 0 spiro atoms. The Kier molecular flexibility index (Phi) is 5.98. The molecule has 0 aliphatic rings. The fourth-order valence-corrected chi connectivity index (χ4v) is 1.78. The number of anilines is 2. The Labute approximate surface area is 125 Å². The summed E-state index contributed by atoms with van der Waals surface area (Å²) in [7, 11) is 7.62. The average molecular weight is 292 g/mol. The van der Waals surface area contributed by atoms with Crippen molar-refractivity contribution < 1.29 is 4.74 Å². The molecule has 1 aromatic rings. The van der Waals surface area contributed by atoms with Crippen LogP contribution in [0.5, 0.6) is 5.75 Å². The van der Waals surface area contributed by atoms with Crippen LogP contribution in [0.3, 0.4) is 0 Å². The molecule has 0 saturated carbocycles. The summed E-state index contributed by atoms with van der Waals surface area (Å²) in [5, 5.41) is 0. The fraction of sp³-hybridized carbons (Fsp3) is 0.429. The van der Waals surface area contributed by atoms with Crippen LogP contribution < -0.4 is 21.1 Å². The second-order valence-electron chi connectivity index (χ2n) is 4.94. The highest BCUT2D eigenvalue weighted by atomic mass is 16.5. The van der Waals surface area contributed by atoms with E-state index < -0.39 is 0 Å². The van der Waals surface area contributed by atoms with Crippen LogP contribution in [0.25, 0.3) is 0 Å². The van der Waals surface area contributed by atoms with Gasteiger partial charge >= 0.3 is 0 Å². The van der Waals surface area contributed by atoms with Gasteiger partial charge in [-0.1, -0.05) is 0 Å². The Balaban J connectivity index is 3.11. The number of benzene rings is 1. The minimum absolute atomic E-state index is 0.0708. The first-order chi connectivity index (χ1) is 9.88. The minimum atomic E-state index is 0.0708. The summed E-state index contributed by atoms with van der Waals surface area (Å²) in [6.07, 6.45) is 0. The van der Waals surface area contributed by atoms with Crippen molar-refractivity contribution in [1.82, 2.24) is 4.90 Å². The number of nitrogens with zero attached hydrogens (tertiary/aromatic N) is 4. The first-order valence-electron chi connectivity index (χ1n) is 6.53. The third-order valence-electron chi connectivity index (χ3n) is 3.02. The SMILES string of the molecule is C=NC(N)=Nc1cc(N)c(N(C)CCN(C)C)cc1OC. The molecule has 116 valence electrons. The van der Waals surface area contributed by atoms with Crippen LogP contribution in [-0.4, -0.2) is 58.9 Å². The van der Waals surface area contributed by atoms with E-state index in [4.69, 9.17) is 16.2 Å². The number of hydrogen-bond donors (Lipinski definition) is 2. The molecule has 0 aliphatic heterocycles. The molecule has 7 nitrogen and oxygen atoms in total. The molecular formula is C14H24N6O. The molecule has 0 fully saturated rings. The van der Waals surface area contributed by atoms with Gasteiger partial charge in [-0.05, 0) is 26.9 Å². The predicted octanol–water partition coefficient (Wildman–Crippen LogP) is 0.922. The van der Waals surface area contributed by atoms with Crippen molar-refractivity contribution in [2.75, 3.05) is 52.0 Å². The fourth-order valence-electron chi connectivity index (χ4n) is 1.78. The Hall–Kier alpha value is -2.28. The van der Waals surface area contributed by atoms with Crippen molar-refractivity contribution in [3.63, 3.8) is 0 Å². The summed E-state index contributed by atoms with van der Waals surface area (Å²) in [6.45, 7) is 5.10. The first kappa shape index (κ1) is 16.8. The number of hydrogen-bond acceptors (Lipinski definition) is 5. The predicted molar refractivity (Wildman–Crippen MR) is 90.1 cm³/mol. The lowest BCUT2D eigenvalue weighted by atomic mass is 10.2. The summed E-state index contributed by atoms with van der Waals surface area (Å²) in [4.78, 5) is 11.9. The van der Waals surface area contributed by atoms with Gasteiger partial charge in [-0.3, -0.25) is 0 Å². The highest BCUT2D eigenvalue weighted by Gasteiger charge is 2.12. The van der Waals surface area contributed by atoms with E-state index in [-0.39, 0.29) is 5.96 Å². The van der Waals surface area contributed by atoms with E-state index in [1.807, 2.05) is 27.2 Å². The molecule has 0 amide bonds. The molecule has 0 atom stereocenters. The largest absolute Gasteiger partial charge is 0.494 e. The van der Waals surface area contributed by atoms with Crippen LogP contribution in [0.2, 0.25) is 0 Å². The van der Waals surface area contributed by atoms with Gasteiger partial charge in [-0.15, -0.1) is 0 Å². The van der Waals surface area contributed by atoms with Crippen LogP contribution in [0, 0.1) is 0 Å². The lowest BCUT2D eigenvalue weighted by molar-refractivity contribution is 0.413. The summed E-state index contributed by atoms with van der Waals surface area (Å²) >= 11 is 0. The van der Waals surface area contributed by atoms with Crippen molar-refractivity contribution in [3.8, 4) is 5.75 Å². The van der Waals surface area contributed by atoms with Crippen molar-refractivity contribution in [3.05, 3.63) is 12.1 Å². The summed E-state index contributed by atoms with van der Waals surface area (Å²) in [5.41, 5.74) is 13.7. The molecule has 7 heteroatoms. The number of methoxy groups -OCH3 is 1. The third kappa shape index (κ3) is 4.64. The zero-order valence-corrected chi connectivity index (χ0v) is 13.1. The quantitative estimate of drug-likeness (QED) is 0.462. The van der Waals surface area contributed by atoms with Gasteiger partial charge in [0.05, 0.1) is 18.5 Å². The van der Waals surface area contributed by atoms with Gasteiger partial charge in [0, 0.05) is 26.2 Å². The van der Waals surface area contributed by atoms with E-state index in [0.717, 1.165) is 18.8 Å². The number of aliphatic imine (C=N–C) groups is 2. The molecule has 0 unspecified atom stereocenters. The number of guanidine groups is 1. The zero-order chi connectivity index (χ0) is 16.0. The number of nitrogen functional groups attached to an aromatic ring is 1. The normalized spacial score (nSPS) is 11.6. The number of likely N-dealkylation sites (N-methyl/N-ethyl adjacent to an activating group) is 2. The van der Waals surface area contributed by atoms with E-state index in [2.05, 4.69) is 26.5 Å². The lowest BCUT2D eigenvalue weighted by Gasteiger charge is -2.24. The summed E-state index contributed by atoms with van der Waals surface area (Å²) < 4.78 is 5.34. The molecule has 4 N–H and O–H groups in total. The van der Waals surface area contributed by atoms with E-state index in [0.29, 0.717) is 17.1 Å². The summed E-state index contributed by atoms with van der Waals surface area (Å²) in [5.74, 6) is 0.656. The zero-order valence-electron chi connectivity index (χ0n) is 13.1. The summed E-state index contributed by atoms with van der Waals surface area (Å²) in [6, 6.07) is 3.57. The van der Waals surface area contributed by atoms with Gasteiger partial charge in [0.1, 0.15) is 11.4 Å². The third-order valence-corrected chi connectivity index (χ3v) is 3.02. The van der Waals surface area contributed by atoms with Crippen LogP contribution in [0.15, 0.2) is 22.1 Å². The average Bonchev–Trinajstić information content (AvgIpc) is 2.44. The van der Waals surface area contributed by atoms with E-state index >= 15 is 0 Å². The topological polar surface area (TPSA) is 92.5 Å². The molecule has 0 saturated heterocycles. The maximum Gasteiger partial charge on any atom is 0.220 e. The second-order valence-corrected chi connectivity index (χ2v) is 4.94. The highest BCUT2D eigenvalue weighted by molar-refractivity contribution is 5.87. The molecule has 21 heavy (non-hydrogen) atoms. The molecule has 0 heterocycles. The van der Waals surface area contributed by atoms with Gasteiger partial charge in [0.15, 0.2) is 0 Å². The van der Waals surface area contributed by atoms with Crippen molar-refractivity contribution >= 4 is 29.7 Å². The molecule has 0 aliphatic carbocycles. The van der Waals surface area contributed by atoms with Gasteiger partial charge in [-0.2, -0.15) is 0 Å². The van der Waals surface area contributed by atoms with Gasteiger partial charge in [-0.25, -0.2) is 9.98 Å². The van der Waals surface area contributed by atoms with Crippen molar-refractivity contribution in [2.24, 2.45) is 15.7 Å². The Morgan fingerprint density at radius 2 is 1.95 bits per heavy atom. The van der Waals surface area contributed by atoms with Gasteiger partial charge < -0.3 is 26.0 Å². The van der Waals surface area contributed by atoms with Gasteiger partial charge in [0.25, 0.3) is 0 Å². The van der Waals surface area contributed by atoms with E-state index in [9.17, 15) is 0 Å². The number of ether oxygens (including phenoxy) is 1. The maximum atomic E-state index is 6.10. The molecular weight excluding hydrogens is 268 g/mol. The molecule has 1 aromatic carbocycles. The van der Waals surface area contributed by atoms with E-state index in [1.165, 1.54) is 0 Å². The minimum Gasteiger partial charge on any atom is -0.494 e. The molecule has 0 radical (unpaired) electrons. The lowest BCUT2D eigenvalue weighted by Crippen LogP contribution is -2.28. The maximum absolute atomic E-state index is 6.10. The van der Waals surface area contributed by atoms with Crippen LogP contribution >= 0.6 is 0 Å². The van der Waals surface area contributed by atoms with Crippen LogP contribution in [0.1, 0.15) is 0 Å². The number of rotatable bonds is 6. The first-order valence-corrected chi connectivity index (χ1v) is 6.53. The second kappa shape index (κ2) is 7.49. The molecule has 0 bridgehead atoms. The van der Waals surface area contributed by atoms with Gasteiger partial charge in [0.2, 0.25) is 5.96 Å². The standard InChI is InChI=1S/C14H24N6O/c1-17-14(16)18-11-8-10(15)12(9-13(11)21-5)20(4)7-6-19(2)3/h8-9H,1,6-7,15H2,2-5H3,(H2,16,18). The Bertz CT molecular complexity index is 526. The van der Waals surface area contributed by atoms with Crippen LogP contribution in [0.4, 0.5) is 17.1 Å². The Morgan fingerprint density at radius 1 is 1.29 bits per heavy atom. The smallest absolute Gasteiger partial charge is 0.220 e. The molecule has 1 rings (SSSR count). The molecule has 0 aromatic heterocycles. The van der Waals surface area contributed by atoms with Crippen molar-refractivity contribution in [1.29, 1.82) is 0 Å². The van der Waals surface area contributed by atoms with E-state index in [1.54, 1.807) is 13.2 Å². The van der Waals surface area contributed by atoms with Crippen molar-refractivity contribution in [2.45, 2.75) is 0 Å². The van der Waals surface area contributed by atoms with Crippen LogP contribution in [-0.2, 0) is 0 Å².